The third kappa shape index (κ3) is 7.22. The van der Waals surface area contributed by atoms with Crippen molar-refractivity contribution in [2.45, 2.75) is 84.0 Å². The molecule has 0 spiro atoms. The van der Waals surface area contributed by atoms with E-state index in [9.17, 15) is 8.42 Å². The number of methoxy groups -OCH3 is 1. The van der Waals surface area contributed by atoms with Gasteiger partial charge in [-0.1, -0.05) is 0 Å². The summed E-state index contributed by atoms with van der Waals surface area (Å²) >= 11 is 0. The van der Waals surface area contributed by atoms with E-state index in [2.05, 4.69) is 27.7 Å². The Morgan fingerprint density at radius 2 is 1.17 bits per heavy atom. The maximum atomic E-state index is 13.6. The van der Waals surface area contributed by atoms with Gasteiger partial charge in [-0.3, -0.25) is 0 Å². The molecule has 1 aromatic rings. The Balaban J connectivity index is 3.55. The molecule has 0 aliphatic carbocycles. The molecular weight excluding hydrogens is 403 g/mol. The SMILES string of the molecule is CCCCP(CCCC)(CCCC)(CCCC)OS(=O)(=O)c1ccccc1OC. The van der Waals surface area contributed by atoms with E-state index < -0.39 is 16.9 Å². The van der Waals surface area contributed by atoms with Crippen molar-refractivity contribution < 1.29 is 17.1 Å². The van der Waals surface area contributed by atoms with Crippen molar-refractivity contribution in [1.29, 1.82) is 0 Å². The molecule has 0 heterocycles. The van der Waals surface area contributed by atoms with Crippen LogP contribution in [0.3, 0.4) is 0 Å². The van der Waals surface area contributed by atoms with Crippen molar-refractivity contribution >= 4 is 16.9 Å². The fraction of sp³-hybridized carbons (Fsp3) is 0.739. The zero-order valence-corrected chi connectivity index (χ0v) is 21.0. The number of hydrogen-bond acceptors (Lipinski definition) is 4. The Hall–Kier alpha value is -0.640. The van der Waals surface area contributed by atoms with Crippen molar-refractivity contribution in [3.05, 3.63) is 24.3 Å². The van der Waals surface area contributed by atoms with E-state index in [1.807, 2.05) is 0 Å². The molecule has 0 aliphatic rings. The van der Waals surface area contributed by atoms with Crippen molar-refractivity contribution in [2.75, 3.05) is 31.8 Å². The second-order valence-corrected chi connectivity index (χ2v) is 15.8. The van der Waals surface area contributed by atoms with Crippen LogP contribution in [-0.2, 0) is 14.1 Å². The van der Waals surface area contributed by atoms with Crippen LogP contribution in [0.4, 0.5) is 0 Å². The molecular formula is C23H43O4PS. The first kappa shape index (κ1) is 26.4. The van der Waals surface area contributed by atoms with Gasteiger partial charge < -0.3 is 0 Å². The third-order valence-electron chi connectivity index (χ3n) is 5.96. The molecule has 1 rings (SSSR count). The first-order valence-corrected chi connectivity index (χ1v) is 15.7. The topological polar surface area (TPSA) is 52.6 Å². The van der Waals surface area contributed by atoms with Crippen LogP contribution in [0.2, 0.25) is 0 Å². The van der Waals surface area contributed by atoms with Gasteiger partial charge in [0.25, 0.3) is 0 Å². The molecule has 0 aromatic heterocycles. The molecule has 0 saturated heterocycles. The summed E-state index contributed by atoms with van der Waals surface area (Å²) in [6.45, 7) is 5.79. The summed E-state index contributed by atoms with van der Waals surface area (Å²) in [7, 11) is -2.40. The van der Waals surface area contributed by atoms with Crippen LogP contribution in [0, 0.1) is 0 Å². The molecule has 0 radical (unpaired) electrons. The second-order valence-electron chi connectivity index (χ2n) is 8.35. The van der Waals surface area contributed by atoms with E-state index >= 15 is 0 Å². The van der Waals surface area contributed by atoms with Crippen LogP contribution in [0.25, 0.3) is 0 Å². The minimum atomic E-state index is -3.91. The fourth-order valence-corrected chi connectivity index (χ4v) is 14.4. The number of rotatable bonds is 16. The molecule has 29 heavy (non-hydrogen) atoms. The van der Waals surface area contributed by atoms with Crippen LogP contribution >= 0.6 is 6.83 Å². The predicted molar refractivity (Wildman–Crippen MR) is 127 cm³/mol. The molecule has 0 fully saturated rings. The molecule has 0 bridgehead atoms. The summed E-state index contributed by atoms with van der Waals surface area (Å²) in [5.41, 5.74) is 0. The summed E-state index contributed by atoms with van der Waals surface area (Å²) < 4.78 is 39.2. The van der Waals surface area contributed by atoms with Gasteiger partial charge in [-0.15, -0.1) is 0 Å². The molecule has 0 N–H and O–H groups in total. The minimum absolute atomic E-state index is 0.164. The number of ether oxygens (including phenoxy) is 1. The molecule has 0 saturated carbocycles. The molecule has 6 heteroatoms. The Morgan fingerprint density at radius 3 is 1.55 bits per heavy atom. The van der Waals surface area contributed by atoms with Crippen LogP contribution in [0.1, 0.15) is 79.1 Å². The summed E-state index contributed by atoms with van der Waals surface area (Å²) in [6.07, 6.45) is 12.0. The molecule has 4 nitrogen and oxygen atoms in total. The van der Waals surface area contributed by atoms with Crippen LogP contribution < -0.4 is 4.74 Å². The fourth-order valence-electron chi connectivity index (χ4n) is 4.20. The Kier molecular flexibility index (Phi) is 11.2. The summed E-state index contributed by atoms with van der Waals surface area (Å²) in [5, 5.41) is 0. The number of benzene rings is 1. The number of unbranched alkanes of at least 4 members (excludes halogenated alkanes) is 4. The summed E-state index contributed by atoms with van der Waals surface area (Å²) in [6, 6.07) is 6.84. The van der Waals surface area contributed by atoms with Crippen molar-refractivity contribution in [3.8, 4) is 5.75 Å². The summed E-state index contributed by atoms with van der Waals surface area (Å²) in [5.74, 6) is 0.362. The van der Waals surface area contributed by atoms with E-state index in [4.69, 9.17) is 8.71 Å². The van der Waals surface area contributed by atoms with E-state index in [1.165, 1.54) is 7.11 Å². The van der Waals surface area contributed by atoms with Gasteiger partial charge in [-0.05, 0) is 0 Å². The number of hydrogen-bond donors (Lipinski definition) is 0. The molecule has 0 aliphatic heterocycles. The monoisotopic (exact) mass is 446 g/mol. The third-order valence-corrected chi connectivity index (χ3v) is 15.1. The molecule has 0 amide bonds. The average molecular weight is 447 g/mol. The van der Waals surface area contributed by atoms with Crippen LogP contribution in [0.15, 0.2) is 29.2 Å². The van der Waals surface area contributed by atoms with Gasteiger partial charge in [-0.25, -0.2) is 0 Å². The van der Waals surface area contributed by atoms with E-state index in [-0.39, 0.29) is 4.90 Å². The van der Waals surface area contributed by atoms with Crippen molar-refractivity contribution in [3.63, 3.8) is 0 Å². The van der Waals surface area contributed by atoms with Gasteiger partial charge in [0.15, 0.2) is 0 Å². The first-order chi connectivity index (χ1) is 13.8. The van der Waals surface area contributed by atoms with E-state index in [0.29, 0.717) is 5.75 Å². The Bertz CT molecular complexity index is 659. The maximum absolute atomic E-state index is 13.6. The van der Waals surface area contributed by atoms with Crippen LogP contribution in [-0.4, -0.2) is 40.2 Å². The molecule has 170 valence electrons. The van der Waals surface area contributed by atoms with Crippen molar-refractivity contribution in [2.24, 2.45) is 0 Å². The van der Waals surface area contributed by atoms with Gasteiger partial charge in [0, 0.05) is 0 Å². The Labute approximate surface area is 179 Å². The molecule has 1 aromatic carbocycles. The number of para-hydroxylation sites is 1. The summed E-state index contributed by atoms with van der Waals surface area (Å²) in [4.78, 5) is 0.164. The van der Waals surface area contributed by atoms with E-state index in [1.54, 1.807) is 24.3 Å². The van der Waals surface area contributed by atoms with E-state index in [0.717, 1.165) is 76.0 Å². The quantitative estimate of drug-likeness (QED) is 0.255. The second kappa shape index (κ2) is 12.3. The van der Waals surface area contributed by atoms with Gasteiger partial charge in [0.05, 0.1) is 0 Å². The van der Waals surface area contributed by atoms with Gasteiger partial charge >= 0.3 is 180 Å². The van der Waals surface area contributed by atoms with Gasteiger partial charge in [0.2, 0.25) is 0 Å². The first-order valence-electron chi connectivity index (χ1n) is 11.4. The standard InChI is InChI=1S/C23H43O4PS/c1-6-10-18-28(19-11-7-2,20-12-8-3,21-13-9-4)27-29(24,25)23-17-15-14-16-22(23)26-5/h14-17H,6-13,18-21H2,1-5H3. The average Bonchev–Trinajstić information content (AvgIpc) is 2.73. The van der Waals surface area contributed by atoms with Crippen LogP contribution in [0.5, 0.6) is 5.75 Å². The molecule has 0 unspecified atom stereocenters. The van der Waals surface area contributed by atoms with Crippen molar-refractivity contribution in [1.82, 2.24) is 0 Å². The Morgan fingerprint density at radius 1 is 0.759 bits per heavy atom. The van der Waals surface area contributed by atoms with Gasteiger partial charge in [0.1, 0.15) is 0 Å². The van der Waals surface area contributed by atoms with Gasteiger partial charge in [-0.2, -0.15) is 0 Å². The predicted octanol–water partition coefficient (Wildman–Crippen LogP) is 7.07. The molecule has 0 atom stereocenters. The normalized spacial score (nSPS) is 13.8. The zero-order valence-electron chi connectivity index (χ0n) is 19.3. The zero-order chi connectivity index (χ0) is 21.8.